The maximum Gasteiger partial charge on any atom is 0.0897 e. The summed E-state index contributed by atoms with van der Waals surface area (Å²) in [7, 11) is 1.94. The Morgan fingerprint density at radius 2 is 2.33 bits per heavy atom. The smallest absolute Gasteiger partial charge is 0.0897 e. The van der Waals surface area contributed by atoms with Crippen molar-refractivity contribution in [1.82, 2.24) is 15.1 Å². The molecule has 2 N–H and O–H groups in total. The lowest BCUT2D eigenvalue weighted by Crippen LogP contribution is -2.33. The van der Waals surface area contributed by atoms with Gasteiger partial charge in [0.25, 0.3) is 0 Å². The normalized spacial score (nSPS) is 24.2. The van der Waals surface area contributed by atoms with Crippen molar-refractivity contribution in [2.45, 2.75) is 58.3 Å². The Morgan fingerprint density at radius 1 is 1.52 bits per heavy atom. The zero-order valence-corrected chi connectivity index (χ0v) is 13.5. The monoisotopic (exact) mass is 295 g/mol. The molecule has 1 saturated carbocycles. The quantitative estimate of drug-likeness (QED) is 0.805. The van der Waals surface area contributed by atoms with Crippen molar-refractivity contribution in [2.75, 3.05) is 13.2 Å². The molecule has 0 radical (unpaired) electrons. The Kier molecular flexibility index (Phi) is 6.21. The van der Waals surface area contributed by atoms with Gasteiger partial charge in [0, 0.05) is 31.4 Å². The molecule has 120 valence electrons. The molecule has 0 spiro atoms. The molecule has 3 unspecified atom stereocenters. The highest BCUT2D eigenvalue weighted by Crippen LogP contribution is 2.25. The molecule has 0 aromatic carbocycles. The maximum atomic E-state index is 9.99. The summed E-state index contributed by atoms with van der Waals surface area (Å²) in [5, 5.41) is 17.5. The van der Waals surface area contributed by atoms with E-state index in [1.54, 1.807) is 0 Å². The Balaban J connectivity index is 1.61. The lowest BCUT2D eigenvalue weighted by Gasteiger charge is -2.27. The number of hydrogen-bond acceptors (Lipinski definition) is 4. The van der Waals surface area contributed by atoms with Crippen molar-refractivity contribution in [3.8, 4) is 0 Å². The first-order chi connectivity index (χ1) is 10.1. The highest BCUT2D eigenvalue weighted by molar-refractivity contribution is 5.15. The van der Waals surface area contributed by atoms with Gasteiger partial charge >= 0.3 is 0 Å². The molecule has 21 heavy (non-hydrogen) atoms. The summed E-state index contributed by atoms with van der Waals surface area (Å²) >= 11 is 0. The standard InChI is InChI=1S/C16H29N3O2/c1-12-5-4-6-16(7-12)21-11-15(20)10-17-8-14-9-18-19(3)13(14)2/h9,12,15-17,20H,4-8,10-11H2,1-3H3. The second kappa shape index (κ2) is 7.92. The third-order valence-corrected chi connectivity index (χ3v) is 4.44. The van der Waals surface area contributed by atoms with E-state index >= 15 is 0 Å². The second-order valence-corrected chi connectivity index (χ2v) is 6.39. The fraction of sp³-hybridized carbons (Fsp3) is 0.812. The number of aliphatic hydroxyl groups is 1. The highest BCUT2D eigenvalue weighted by atomic mass is 16.5. The van der Waals surface area contributed by atoms with E-state index < -0.39 is 6.10 Å². The first kappa shape index (κ1) is 16.5. The molecule has 0 amide bonds. The van der Waals surface area contributed by atoms with Crippen LogP contribution in [0.1, 0.15) is 43.9 Å². The molecule has 1 aliphatic rings. The van der Waals surface area contributed by atoms with Gasteiger partial charge in [-0.25, -0.2) is 0 Å². The molecule has 5 heteroatoms. The molecule has 0 aliphatic heterocycles. The van der Waals surface area contributed by atoms with Crippen molar-refractivity contribution in [3.05, 3.63) is 17.5 Å². The molecule has 1 aliphatic carbocycles. The van der Waals surface area contributed by atoms with Gasteiger partial charge in [-0.3, -0.25) is 4.68 Å². The molecular weight excluding hydrogens is 266 g/mol. The molecule has 0 bridgehead atoms. The van der Waals surface area contributed by atoms with Crippen LogP contribution in [-0.2, 0) is 18.3 Å². The molecule has 5 nitrogen and oxygen atoms in total. The van der Waals surface area contributed by atoms with Crippen LogP contribution in [0, 0.1) is 12.8 Å². The minimum atomic E-state index is -0.445. The highest BCUT2D eigenvalue weighted by Gasteiger charge is 2.20. The van der Waals surface area contributed by atoms with Gasteiger partial charge in [-0.15, -0.1) is 0 Å². The summed E-state index contributed by atoms with van der Waals surface area (Å²) in [6.07, 6.45) is 6.60. The number of rotatable bonds is 7. The average Bonchev–Trinajstić information content (AvgIpc) is 2.77. The number of aryl methyl sites for hydroxylation is 1. The van der Waals surface area contributed by atoms with Crippen molar-refractivity contribution in [2.24, 2.45) is 13.0 Å². The van der Waals surface area contributed by atoms with Crippen LogP contribution in [0.2, 0.25) is 0 Å². The Hall–Kier alpha value is -0.910. The van der Waals surface area contributed by atoms with Crippen LogP contribution in [0.3, 0.4) is 0 Å². The van der Waals surface area contributed by atoms with E-state index in [2.05, 4.69) is 17.3 Å². The van der Waals surface area contributed by atoms with Gasteiger partial charge in [0.1, 0.15) is 0 Å². The SMILES string of the molecule is Cc1c(CNCC(O)COC2CCCC(C)C2)cnn1C. The Bertz CT molecular complexity index is 433. The average molecular weight is 295 g/mol. The summed E-state index contributed by atoms with van der Waals surface area (Å²) in [6, 6.07) is 0. The zero-order chi connectivity index (χ0) is 15.2. The fourth-order valence-electron chi connectivity index (χ4n) is 2.93. The van der Waals surface area contributed by atoms with Crippen molar-refractivity contribution >= 4 is 0 Å². The maximum absolute atomic E-state index is 9.99. The molecular formula is C16H29N3O2. The van der Waals surface area contributed by atoms with E-state index in [1.807, 2.05) is 24.9 Å². The predicted molar refractivity (Wildman–Crippen MR) is 83.0 cm³/mol. The zero-order valence-electron chi connectivity index (χ0n) is 13.5. The van der Waals surface area contributed by atoms with Crippen molar-refractivity contribution < 1.29 is 9.84 Å². The summed E-state index contributed by atoms with van der Waals surface area (Å²) in [5.41, 5.74) is 2.33. The van der Waals surface area contributed by atoms with E-state index in [4.69, 9.17) is 4.74 Å². The van der Waals surface area contributed by atoms with Crippen LogP contribution in [0.5, 0.6) is 0 Å². The van der Waals surface area contributed by atoms with Gasteiger partial charge in [0.15, 0.2) is 0 Å². The molecule has 0 saturated heterocycles. The lowest BCUT2D eigenvalue weighted by atomic mass is 9.89. The van der Waals surface area contributed by atoms with Crippen LogP contribution >= 0.6 is 0 Å². The number of nitrogens with one attached hydrogen (secondary N) is 1. The van der Waals surface area contributed by atoms with Crippen molar-refractivity contribution in [1.29, 1.82) is 0 Å². The van der Waals surface area contributed by atoms with E-state index in [0.29, 0.717) is 19.3 Å². The summed E-state index contributed by atoms with van der Waals surface area (Å²) in [4.78, 5) is 0. The molecule has 1 heterocycles. The Labute approximate surface area is 127 Å². The van der Waals surface area contributed by atoms with Gasteiger partial charge < -0.3 is 15.2 Å². The molecule has 3 atom stereocenters. The molecule has 1 aromatic heterocycles. The van der Waals surface area contributed by atoms with E-state index in [9.17, 15) is 5.11 Å². The largest absolute Gasteiger partial charge is 0.389 e. The number of hydrogen-bond donors (Lipinski definition) is 2. The molecule has 1 aromatic rings. The minimum absolute atomic E-state index is 0.337. The van der Waals surface area contributed by atoms with Crippen molar-refractivity contribution in [3.63, 3.8) is 0 Å². The van der Waals surface area contributed by atoms with Crippen LogP contribution in [0.25, 0.3) is 0 Å². The van der Waals surface area contributed by atoms with E-state index in [1.165, 1.54) is 18.4 Å². The second-order valence-electron chi connectivity index (χ2n) is 6.39. The lowest BCUT2D eigenvalue weighted by molar-refractivity contribution is -0.0306. The summed E-state index contributed by atoms with van der Waals surface area (Å²) in [5.74, 6) is 0.757. The summed E-state index contributed by atoms with van der Waals surface area (Å²) in [6.45, 7) is 6.04. The van der Waals surface area contributed by atoms with Crippen LogP contribution in [-0.4, -0.2) is 40.2 Å². The van der Waals surface area contributed by atoms with E-state index in [0.717, 1.165) is 31.0 Å². The van der Waals surface area contributed by atoms with Crippen LogP contribution in [0.4, 0.5) is 0 Å². The van der Waals surface area contributed by atoms with Crippen LogP contribution in [0.15, 0.2) is 6.20 Å². The van der Waals surface area contributed by atoms with Gasteiger partial charge in [-0.2, -0.15) is 5.10 Å². The van der Waals surface area contributed by atoms with Crippen LogP contribution < -0.4 is 5.32 Å². The summed E-state index contributed by atoms with van der Waals surface area (Å²) < 4.78 is 7.70. The number of aromatic nitrogens is 2. The van der Waals surface area contributed by atoms with Gasteiger partial charge in [0.2, 0.25) is 0 Å². The third-order valence-electron chi connectivity index (χ3n) is 4.44. The number of ether oxygens (including phenoxy) is 1. The first-order valence-electron chi connectivity index (χ1n) is 8.04. The van der Waals surface area contributed by atoms with Gasteiger partial charge in [-0.05, 0) is 25.7 Å². The number of nitrogens with zero attached hydrogens (tertiary/aromatic N) is 2. The third kappa shape index (κ3) is 5.09. The van der Waals surface area contributed by atoms with Gasteiger partial charge in [-0.1, -0.05) is 19.8 Å². The topological polar surface area (TPSA) is 59.3 Å². The predicted octanol–water partition coefficient (Wildman–Crippen LogP) is 1.77. The molecule has 2 rings (SSSR count). The minimum Gasteiger partial charge on any atom is -0.389 e. The fourth-order valence-corrected chi connectivity index (χ4v) is 2.93. The van der Waals surface area contributed by atoms with E-state index in [-0.39, 0.29) is 0 Å². The first-order valence-corrected chi connectivity index (χ1v) is 8.04. The Morgan fingerprint density at radius 3 is 3.00 bits per heavy atom. The number of aliphatic hydroxyl groups excluding tert-OH is 1. The van der Waals surface area contributed by atoms with Gasteiger partial charge in [0.05, 0.1) is 25.0 Å². The molecule has 1 fully saturated rings.